The largest absolute Gasteiger partial charge is 0.493 e. The Morgan fingerprint density at radius 1 is 1.00 bits per heavy atom. The van der Waals surface area contributed by atoms with Gasteiger partial charge in [-0.1, -0.05) is 19.3 Å². The standard InChI is InChI=1S/C19H27NO2/c1-21-18-10-14-7-8-20-12-15-6-4-3-5-13(15)9-17(20)16(14)11-19(18)22-2/h10-11,13,15,17H,3-9,12H2,1-2H3/t13-,15+,17-/m0/s1. The number of benzene rings is 1. The van der Waals surface area contributed by atoms with E-state index in [0.29, 0.717) is 6.04 Å². The zero-order valence-electron chi connectivity index (χ0n) is 13.8. The molecular weight excluding hydrogens is 274 g/mol. The summed E-state index contributed by atoms with van der Waals surface area (Å²) < 4.78 is 11.0. The van der Waals surface area contributed by atoms with Gasteiger partial charge in [0, 0.05) is 19.1 Å². The van der Waals surface area contributed by atoms with Gasteiger partial charge in [-0.05, 0) is 54.4 Å². The zero-order chi connectivity index (χ0) is 15.1. The molecule has 22 heavy (non-hydrogen) atoms. The van der Waals surface area contributed by atoms with Crippen LogP contribution in [0.2, 0.25) is 0 Å². The van der Waals surface area contributed by atoms with Crippen molar-refractivity contribution in [2.45, 2.75) is 44.6 Å². The molecule has 0 spiro atoms. The maximum Gasteiger partial charge on any atom is 0.161 e. The molecule has 3 nitrogen and oxygen atoms in total. The molecule has 0 aromatic heterocycles. The molecule has 3 atom stereocenters. The third-order valence-electron chi connectivity index (χ3n) is 6.18. The minimum absolute atomic E-state index is 0.600. The molecule has 0 radical (unpaired) electrons. The van der Waals surface area contributed by atoms with Crippen molar-refractivity contribution in [3.8, 4) is 11.5 Å². The van der Waals surface area contributed by atoms with E-state index in [9.17, 15) is 0 Å². The van der Waals surface area contributed by atoms with Crippen molar-refractivity contribution in [2.75, 3.05) is 27.3 Å². The van der Waals surface area contributed by atoms with Crippen LogP contribution < -0.4 is 9.47 Å². The Bertz CT molecular complexity index is 557. The maximum atomic E-state index is 5.55. The van der Waals surface area contributed by atoms with E-state index in [2.05, 4.69) is 17.0 Å². The van der Waals surface area contributed by atoms with E-state index in [0.717, 1.165) is 29.8 Å². The van der Waals surface area contributed by atoms with Crippen LogP contribution in [-0.2, 0) is 6.42 Å². The van der Waals surface area contributed by atoms with Crippen molar-refractivity contribution in [1.29, 1.82) is 0 Å². The third-order valence-corrected chi connectivity index (χ3v) is 6.18. The lowest BCUT2D eigenvalue weighted by atomic mass is 9.70. The van der Waals surface area contributed by atoms with Crippen LogP contribution in [0.15, 0.2) is 12.1 Å². The van der Waals surface area contributed by atoms with Crippen LogP contribution in [0.25, 0.3) is 0 Å². The second-order valence-corrected chi connectivity index (χ2v) is 7.21. The van der Waals surface area contributed by atoms with Crippen LogP contribution in [0.4, 0.5) is 0 Å². The molecule has 0 amide bonds. The highest BCUT2D eigenvalue weighted by Crippen LogP contribution is 2.47. The van der Waals surface area contributed by atoms with Crippen LogP contribution >= 0.6 is 0 Å². The monoisotopic (exact) mass is 301 g/mol. The number of rotatable bonds is 2. The van der Waals surface area contributed by atoms with Gasteiger partial charge in [-0.3, -0.25) is 4.90 Å². The molecule has 120 valence electrons. The summed E-state index contributed by atoms with van der Waals surface area (Å²) in [6.07, 6.45) is 8.26. The molecule has 0 unspecified atom stereocenters. The molecular formula is C19H27NO2. The van der Waals surface area contributed by atoms with E-state index in [1.807, 2.05) is 0 Å². The molecule has 1 aromatic carbocycles. The zero-order valence-corrected chi connectivity index (χ0v) is 13.8. The molecule has 3 aliphatic rings. The summed E-state index contributed by atoms with van der Waals surface area (Å²) in [7, 11) is 3.47. The SMILES string of the molecule is COc1cc2c(cc1OC)[C@@H]1C[C@@H]3CCCC[C@@H]3CN1CC2. The van der Waals surface area contributed by atoms with E-state index < -0.39 is 0 Å². The van der Waals surface area contributed by atoms with Crippen LogP contribution in [0, 0.1) is 11.8 Å². The smallest absolute Gasteiger partial charge is 0.161 e. The second kappa shape index (κ2) is 5.77. The Morgan fingerprint density at radius 3 is 2.50 bits per heavy atom. The van der Waals surface area contributed by atoms with E-state index in [-0.39, 0.29) is 0 Å². The normalized spacial score (nSPS) is 30.9. The molecule has 2 fully saturated rings. The highest BCUT2D eigenvalue weighted by atomic mass is 16.5. The van der Waals surface area contributed by atoms with Gasteiger partial charge in [-0.2, -0.15) is 0 Å². The average molecular weight is 301 g/mol. The first-order chi connectivity index (χ1) is 10.8. The first-order valence-electron chi connectivity index (χ1n) is 8.79. The van der Waals surface area contributed by atoms with Gasteiger partial charge in [0.25, 0.3) is 0 Å². The van der Waals surface area contributed by atoms with Crippen LogP contribution in [0.5, 0.6) is 11.5 Å². The number of piperidine rings is 1. The lowest BCUT2D eigenvalue weighted by Crippen LogP contribution is -2.46. The lowest BCUT2D eigenvalue weighted by molar-refractivity contribution is 0.0320. The molecule has 1 aromatic rings. The predicted octanol–water partition coefficient (Wildman–Crippen LogP) is 3.81. The average Bonchev–Trinajstić information content (AvgIpc) is 2.58. The minimum Gasteiger partial charge on any atom is -0.493 e. The van der Waals surface area contributed by atoms with E-state index in [1.54, 1.807) is 14.2 Å². The second-order valence-electron chi connectivity index (χ2n) is 7.21. The Balaban J connectivity index is 1.67. The fourth-order valence-corrected chi connectivity index (χ4v) is 5.00. The number of fused-ring (bicyclic) bond motifs is 4. The van der Waals surface area contributed by atoms with Gasteiger partial charge in [-0.25, -0.2) is 0 Å². The van der Waals surface area contributed by atoms with Crippen molar-refractivity contribution in [2.24, 2.45) is 11.8 Å². The summed E-state index contributed by atoms with van der Waals surface area (Å²) in [5.74, 6) is 3.65. The van der Waals surface area contributed by atoms with E-state index >= 15 is 0 Å². The first-order valence-corrected chi connectivity index (χ1v) is 8.79. The van der Waals surface area contributed by atoms with Gasteiger partial charge in [0.2, 0.25) is 0 Å². The van der Waals surface area contributed by atoms with Gasteiger partial charge in [0.05, 0.1) is 14.2 Å². The Labute approximate surface area is 133 Å². The van der Waals surface area contributed by atoms with Crippen LogP contribution in [-0.4, -0.2) is 32.2 Å². The molecule has 1 saturated heterocycles. The van der Waals surface area contributed by atoms with Gasteiger partial charge >= 0.3 is 0 Å². The summed E-state index contributed by atoms with van der Waals surface area (Å²) in [6.45, 7) is 2.51. The molecule has 2 aliphatic heterocycles. The van der Waals surface area contributed by atoms with Gasteiger partial charge in [0.1, 0.15) is 0 Å². The lowest BCUT2D eigenvalue weighted by Gasteiger charge is -2.49. The van der Waals surface area contributed by atoms with E-state index in [4.69, 9.17) is 9.47 Å². The van der Waals surface area contributed by atoms with Crippen molar-refractivity contribution in [3.05, 3.63) is 23.3 Å². The van der Waals surface area contributed by atoms with Crippen molar-refractivity contribution >= 4 is 0 Å². The van der Waals surface area contributed by atoms with Gasteiger partial charge < -0.3 is 9.47 Å². The van der Waals surface area contributed by atoms with Crippen molar-refractivity contribution in [3.63, 3.8) is 0 Å². The Kier molecular flexibility index (Phi) is 3.77. The molecule has 0 N–H and O–H groups in total. The summed E-state index contributed by atoms with van der Waals surface area (Å²) in [4.78, 5) is 2.74. The van der Waals surface area contributed by atoms with E-state index in [1.165, 1.54) is 56.3 Å². The van der Waals surface area contributed by atoms with Crippen LogP contribution in [0.1, 0.15) is 49.3 Å². The fraction of sp³-hybridized carbons (Fsp3) is 0.684. The summed E-state index contributed by atoms with van der Waals surface area (Å²) in [5.41, 5.74) is 2.96. The van der Waals surface area contributed by atoms with Gasteiger partial charge in [-0.15, -0.1) is 0 Å². The number of hydrogen-bond donors (Lipinski definition) is 0. The number of ether oxygens (including phenoxy) is 2. The minimum atomic E-state index is 0.600. The molecule has 4 rings (SSSR count). The molecule has 1 aliphatic carbocycles. The molecule has 3 heteroatoms. The maximum absolute atomic E-state index is 5.55. The number of hydrogen-bond acceptors (Lipinski definition) is 3. The Morgan fingerprint density at radius 2 is 1.73 bits per heavy atom. The van der Waals surface area contributed by atoms with Crippen molar-refractivity contribution in [1.82, 2.24) is 4.90 Å². The number of nitrogens with zero attached hydrogens (tertiary/aromatic N) is 1. The summed E-state index contributed by atoms with van der Waals surface area (Å²) in [6, 6.07) is 5.05. The molecule has 1 saturated carbocycles. The summed E-state index contributed by atoms with van der Waals surface area (Å²) in [5, 5.41) is 0. The highest BCUT2D eigenvalue weighted by Gasteiger charge is 2.39. The van der Waals surface area contributed by atoms with Crippen LogP contribution in [0.3, 0.4) is 0 Å². The third kappa shape index (κ3) is 2.30. The van der Waals surface area contributed by atoms with Gasteiger partial charge in [0.15, 0.2) is 11.5 Å². The Hall–Kier alpha value is -1.22. The highest BCUT2D eigenvalue weighted by molar-refractivity contribution is 5.49. The topological polar surface area (TPSA) is 21.7 Å². The number of methoxy groups -OCH3 is 2. The molecule has 2 heterocycles. The quantitative estimate of drug-likeness (QED) is 0.829. The van der Waals surface area contributed by atoms with Crippen molar-refractivity contribution < 1.29 is 9.47 Å². The first kappa shape index (κ1) is 14.4. The molecule has 0 bridgehead atoms. The fourth-order valence-electron chi connectivity index (χ4n) is 5.00. The predicted molar refractivity (Wildman–Crippen MR) is 87.6 cm³/mol. The summed E-state index contributed by atoms with van der Waals surface area (Å²) >= 11 is 0.